The minimum Gasteiger partial charge on any atom is -0.337 e. The molecule has 0 bridgehead atoms. The van der Waals surface area contributed by atoms with Crippen LogP contribution in [0.4, 0.5) is 10.1 Å². The number of halogens is 1. The molecule has 6 heteroatoms. The molecule has 126 valence electrons. The molecular weight excluding hydrogens is 297 g/mol. The number of nitrogens with one attached hydrogen (secondary N) is 2. The van der Waals surface area contributed by atoms with Gasteiger partial charge in [0.2, 0.25) is 5.91 Å². The molecule has 0 aliphatic carbocycles. The number of hydrogen-bond acceptors (Lipinski definition) is 3. The minimum absolute atomic E-state index is 0.115. The summed E-state index contributed by atoms with van der Waals surface area (Å²) in [6, 6.07) is 4.22. The van der Waals surface area contributed by atoms with E-state index in [0.29, 0.717) is 25.1 Å². The molecule has 1 aromatic carbocycles. The molecule has 23 heavy (non-hydrogen) atoms. The molecule has 0 atom stereocenters. The molecular formula is C17H24FN3O2. The second kappa shape index (κ2) is 8.06. The van der Waals surface area contributed by atoms with Crippen LogP contribution >= 0.6 is 0 Å². The van der Waals surface area contributed by atoms with Crippen molar-refractivity contribution in [3.8, 4) is 0 Å². The van der Waals surface area contributed by atoms with Gasteiger partial charge in [0.05, 0.1) is 5.69 Å². The fourth-order valence-corrected chi connectivity index (χ4v) is 2.55. The summed E-state index contributed by atoms with van der Waals surface area (Å²) >= 11 is 0. The Morgan fingerprint density at radius 1 is 1.30 bits per heavy atom. The van der Waals surface area contributed by atoms with Crippen LogP contribution in [-0.4, -0.2) is 42.9 Å². The van der Waals surface area contributed by atoms with E-state index in [1.54, 1.807) is 11.0 Å². The molecule has 1 fully saturated rings. The lowest BCUT2D eigenvalue weighted by atomic mass is 10.1. The van der Waals surface area contributed by atoms with E-state index in [1.807, 2.05) is 13.8 Å². The maximum absolute atomic E-state index is 14.2. The largest absolute Gasteiger partial charge is 0.337 e. The van der Waals surface area contributed by atoms with Crippen LogP contribution in [0.15, 0.2) is 18.2 Å². The van der Waals surface area contributed by atoms with Gasteiger partial charge in [-0.2, -0.15) is 0 Å². The summed E-state index contributed by atoms with van der Waals surface area (Å²) in [6.45, 7) is 6.77. The topological polar surface area (TPSA) is 61.4 Å². The molecule has 0 aromatic heterocycles. The van der Waals surface area contributed by atoms with Crippen LogP contribution < -0.4 is 10.6 Å². The van der Waals surface area contributed by atoms with Crippen LogP contribution in [0.5, 0.6) is 0 Å². The lowest BCUT2D eigenvalue weighted by molar-refractivity contribution is -0.116. The molecule has 1 aliphatic rings. The van der Waals surface area contributed by atoms with E-state index >= 15 is 0 Å². The Balaban J connectivity index is 2.05. The zero-order valence-corrected chi connectivity index (χ0v) is 13.7. The molecule has 0 radical (unpaired) electrons. The van der Waals surface area contributed by atoms with Gasteiger partial charge < -0.3 is 15.5 Å². The monoisotopic (exact) mass is 321 g/mol. The zero-order valence-electron chi connectivity index (χ0n) is 13.7. The number of carbonyl (C=O) groups excluding carboxylic acids is 2. The van der Waals surface area contributed by atoms with E-state index in [2.05, 4.69) is 10.6 Å². The average Bonchev–Trinajstić information content (AvgIpc) is 2.77. The summed E-state index contributed by atoms with van der Waals surface area (Å²) in [4.78, 5) is 25.9. The smallest absolute Gasteiger partial charge is 0.254 e. The molecule has 1 saturated heterocycles. The maximum Gasteiger partial charge on any atom is 0.254 e. The van der Waals surface area contributed by atoms with Crippen LogP contribution in [0.2, 0.25) is 0 Å². The first kappa shape index (κ1) is 17.4. The van der Waals surface area contributed by atoms with Crippen molar-refractivity contribution >= 4 is 17.5 Å². The lowest BCUT2D eigenvalue weighted by Crippen LogP contribution is -2.34. The van der Waals surface area contributed by atoms with Crippen LogP contribution in [0, 0.1) is 11.7 Å². The van der Waals surface area contributed by atoms with Crippen LogP contribution in [0.1, 0.15) is 37.0 Å². The Labute approximate surface area is 136 Å². The van der Waals surface area contributed by atoms with Crippen molar-refractivity contribution in [2.75, 3.05) is 31.5 Å². The maximum atomic E-state index is 14.2. The second-order valence-electron chi connectivity index (χ2n) is 6.24. The van der Waals surface area contributed by atoms with E-state index < -0.39 is 5.82 Å². The number of anilines is 1. The summed E-state index contributed by atoms with van der Waals surface area (Å²) < 4.78 is 14.2. The number of nitrogens with zero attached hydrogens (tertiary/aromatic N) is 1. The Bertz CT molecular complexity index is 567. The Hall–Kier alpha value is -1.95. The van der Waals surface area contributed by atoms with Crippen LogP contribution in [-0.2, 0) is 4.79 Å². The summed E-state index contributed by atoms with van der Waals surface area (Å²) in [5.74, 6) is -0.777. The van der Waals surface area contributed by atoms with Gasteiger partial charge in [-0.1, -0.05) is 13.8 Å². The second-order valence-corrected chi connectivity index (χ2v) is 6.24. The number of hydrogen-bond donors (Lipinski definition) is 2. The highest BCUT2D eigenvalue weighted by atomic mass is 19.1. The third-order valence-corrected chi connectivity index (χ3v) is 3.71. The first-order valence-corrected chi connectivity index (χ1v) is 8.06. The van der Waals surface area contributed by atoms with Crippen molar-refractivity contribution in [1.29, 1.82) is 0 Å². The molecule has 1 aromatic rings. The van der Waals surface area contributed by atoms with E-state index in [4.69, 9.17) is 0 Å². The first-order chi connectivity index (χ1) is 11.0. The van der Waals surface area contributed by atoms with Gasteiger partial charge >= 0.3 is 0 Å². The van der Waals surface area contributed by atoms with Gasteiger partial charge in [0.1, 0.15) is 5.82 Å². The summed E-state index contributed by atoms with van der Waals surface area (Å²) in [5, 5.41) is 5.77. The van der Waals surface area contributed by atoms with Gasteiger partial charge in [-0.3, -0.25) is 9.59 Å². The highest BCUT2D eigenvalue weighted by molar-refractivity contribution is 5.96. The van der Waals surface area contributed by atoms with Crippen molar-refractivity contribution in [3.63, 3.8) is 0 Å². The highest BCUT2D eigenvalue weighted by Crippen LogP contribution is 2.18. The molecule has 2 amide bonds. The van der Waals surface area contributed by atoms with Gasteiger partial charge in [-0.25, -0.2) is 4.39 Å². The lowest BCUT2D eigenvalue weighted by Gasteiger charge is -2.20. The number of carbonyl (C=O) groups is 2. The quantitative estimate of drug-likeness (QED) is 0.894. The molecule has 5 nitrogen and oxygen atoms in total. The normalized spacial score (nSPS) is 15.4. The molecule has 0 saturated carbocycles. The fourth-order valence-electron chi connectivity index (χ4n) is 2.55. The number of benzene rings is 1. The van der Waals surface area contributed by atoms with Gasteiger partial charge in [-0.05, 0) is 37.1 Å². The van der Waals surface area contributed by atoms with E-state index in [1.165, 1.54) is 12.1 Å². The molecule has 2 rings (SSSR count). The van der Waals surface area contributed by atoms with Crippen LogP contribution in [0.3, 0.4) is 0 Å². The van der Waals surface area contributed by atoms with Gasteiger partial charge in [0.15, 0.2) is 0 Å². The molecule has 2 N–H and O–H groups in total. The zero-order chi connectivity index (χ0) is 16.8. The molecule has 0 spiro atoms. The van der Waals surface area contributed by atoms with Gasteiger partial charge in [-0.15, -0.1) is 0 Å². The van der Waals surface area contributed by atoms with Crippen molar-refractivity contribution in [2.45, 2.75) is 26.7 Å². The highest BCUT2D eigenvalue weighted by Gasteiger charge is 2.18. The summed E-state index contributed by atoms with van der Waals surface area (Å²) in [5.41, 5.74) is 0.427. The van der Waals surface area contributed by atoms with E-state index in [0.717, 1.165) is 19.5 Å². The first-order valence-electron chi connectivity index (χ1n) is 8.06. The van der Waals surface area contributed by atoms with Crippen molar-refractivity contribution in [1.82, 2.24) is 10.2 Å². The van der Waals surface area contributed by atoms with E-state index in [-0.39, 0.29) is 23.4 Å². The van der Waals surface area contributed by atoms with Gasteiger partial charge in [0, 0.05) is 31.6 Å². The summed E-state index contributed by atoms with van der Waals surface area (Å²) in [6.07, 6.45) is 1.22. The van der Waals surface area contributed by atoms with Crippen LogP contribution in [0.25, 0.3) is 0 Å². The molecule has 1 aliphatic heterocycles. The number of amides is 2. The van der Waals surface area contributed by atoms with Crippen molar-refractivity contribution in [2.24, 2.45) is 5.92 Å². The SMILES string of the molecule is CC(C)CC(=O)Nc1ccc(C(=O)N2CCCNCC2)cc1F. The Morgan fingerprint density at radius 2 is 2.09 bits per heavy atom. The third kappa shape index (κ3) is 5.03. The Kier molecular flexibility index (Phi) is 6.10. The number of rotatable bonds is 4. The van der Waals surface area contributed by atoms with Gasteiger partial charge in [0.25, 0.3) is 5.91 Å². The predicted octanol–water partition coefficient (Wildman–Crippen LogP) is 2.25. The standard InChI is InChI=1S/C17H24FN3O2/c1-12(2)10-16(22)20-15-5-4-13(11-14(15)18)17(23)21-8-3-6-19-7-9-21/h4-5,11-12,19H,3,6-10H2,1-2H3,(H,20,22). The van der Waals surface area contributed by atoms with Crippen molar-refractivity contribution in [3.05, 3.63) is 29.6 Å². The minimum atomic E-state index is -0.582. The average molecular weight is 321 g/mol. The molecule has 0 unspecified atom stereocenters. The fraction of sp³-hybridized carbons (Fsp3) is 0.529. The summed E-state index contributed by atoms with van der Waals surface area (Å²) in [7, 11) is 0. The van der Waals surface area contributed by atoms with E-state index in [9.17, 15) is 14.0 Å². The molecule has 1 heterocycles. The predicted molar refractivity (Wildman–Crippen MR) is 87.9 cm³/mol. The van der Waals surface area contributed by atoms with Crippen molar-refractivity contribution < 1.29 is 14.0 Å². The third-order valence-electron chi connectivity index (χ3n) is 3.71. The Morgan fingerprint density at radius 3 is 2.78 bits per heavy atom.